The molecule has 2 heterocycles. The van der Waals surface area contributed by atoms with E-state index in [0.717, 1.165) is 28.4 Å². The lowest BCUT2D eigenvalue weighted by Gasteiger charge is -2.16. The number of thiazole rings is 1. The van der Waals surface area contributed by atoms with Crippen LogP contribution in [0, 0.1) is 0 Å². The first kappa shape index (κ1) is 12.3. The van der Waals surface area contributed by atoms with Crippen molar-refractivity contribution >= 4 is 49.8 Å². The first-order valence-corrected chi connectivity index (χ1v) is 8.38. The number of aromatic nitrogens is 2. The normalized spacial score (nSPS) is 11.2. The van der Waals surface area contributed by atoms with Gasteiger partial charge in [-0.25, -0.2) is 4.98 Å². The van der Waals surface area contributed by atoms with E-state index in [1.54, 1.807) is 11.3 Å². The lowest BCUT2D eigenvalue weighted by Crippen LogP contribution is -2.21. The molecule has 6 heteroatoms. The van der Waals surface area contributed by atoms with Crippen molar-refractivity contribution in [2.45, 2.75) is 5.33 Å². The van der Waals surface area contributed by atoms with Gasteiger partial charge in [-0.1, -0.05) is 15.9 Å². The van der Waals surface area contributed by atoms with Gasteiger partial charge < -0.3 is 4.90 Å². The third-order valence-corrected chi connectivity index (χ3v) is 4.34. The van der Waals surface area contributed by atoms with Gasteiger partial charge in [0, 0.05) is 36.3 Å². The third-order valence-electron chi connectivity index (χ3n) is 2.46. The molecule has 0 aliphatic carbocycles. The Hall–Kier alpha value is -0.200. The van der Waals surface area contributed by atoms with Crippen molar-refractivity contribution in [1.29, 1.82) is 0 Å². The summed E-state index contributed by atoms with van der Waals surface area (Å²) in [5, 5.41) is 2.91. The van der Waals surface area contributed by atoms with Crippen molar-refractivity contribution in [3.8, 4) is 0 Å². The highest BCUT2D eigenvalue weighted by Crippen LogP contribution is 2.25. The maximum Gasteiger partial charge on any atom is 0.195 e. The molecule has 0 aliphatic rings. The molecule has 2 aromatic heterocycles. The number of nitrogens with zero attached hydrogens (tertiary/aromatic N) is 3. The predicted molar refractivity (Wildman–Crippen MR) is 77.4 cm³/mol. The second-order valence-corrected chi connectivity index (χ2v) is 5.91. The quantitative estimate of drug-likeness (QED) is 0.790. The zero-order valence-electron chi connectivity index (χ0n) is 9.31. The van der Waals surface area contributed by atoms with Crippen LogP contribution in [0.5, 0.6) is 0 Å². The van der Waals surface area contributed by atoms with Gasteiger partial charge >= 0.3 is 0 Å². The lowest BCUT2D eigenvalue weighted by molar-refractivity contribution is 0.943. The molecule has 0 aromatic carbocycles. The molecular weight excluding hydrogens is 306 g/mol. The average Bonchev–Trinajstić information content (AvgIpc) is 2.84. The molecule has 0 radical (unpaired) electrons. The zero-order chi connectivity index (χ0) is 11.5. The van der Waals surface area contributed by atoms with Gasteiger partial charge in [0.05, 0.1) is 5.69 Å². The fourth-order valence-electron chi connectivity index (χ4n) is 1.59. The Morgan fingerprint density at radius 2 is 2.44 bits per heavy atom. The summed E-state index contributed by atoms with van der Waals surface area (Å²) in [4.78, 5) is 7.96. The summed E-state index contributed by atoms with van der Waals surface area (Å²) in [6.45, 7) is 1.03. The zero-order valence-corrected chi connectivity index (χ0v) is 12.5. The number of hydrogen-bond donors (Lipinski definition) is 0. The number of alkyl halides is 1. The largest absolute Gasteiger partial charge is 0.357 e. The molecule has 0 spiro atoms. The minimum atomic E-state index is 0.837. The second-order valence-electron chi connectivity index (χ2n) is 3.49. The summed E-state index contributed by atoms with van der Waals surface area (Å²) >= 11 is 7.08. The molecule has 0 saturated heterocycles. The molecule has 88 valence electrons. The van der Waals surface area contributed by atoms with Gasteiger partial charge in [0.15, 0.2) is 10.8 Å². The van der Waals surface area contributed by atoms with Crippen LogP contribution >= 0.6 is 39.0 Å². The van der Waals surface area contributed by atoms with E-state index < -0.39 is 0 Å². The molecule has 2 aromatic rings. The summed E-state index contributed by atoms with van der Waals surface area (Å²) in [6.07, 6.45) is 4.21. The first-order chi connectivity index (χ1) is 7.77. The van der Waals surface area contributed by atoms with Gasteiger partial charge in [-0.15, -0.1) is 11.3 Å². The van der Waals surface area contributed by atoms with Gasteiger partial charge in [-0.2, -0.15) is 11.8 Å². The highest BCUT2D eigenvalue weighted by Gasteiger charge is 2.14. The predicted octanol–water partition coefficient (Wildman–Crippen LogP) is 3.09. The molecule has 0 amide bonds. The van der Waals surface area contributed by atoms with E-state index in [4.69, 9.17) is 0 Å². The smallest absolute Gasteiger partial charge is 0.195 e. The van der Waals surface area contributed by atoms with Crippen LogP contribution in [-0.2, 0) is 5.33 Å². The molecule has 2 rings (SSSR count). The van der Waals surface area contributed by atoms with E-state index in [9.17, 15) is 0 Å². The van der Waals surface area contributed by atoms with Crippen LogP contribution in [0.15, 0.2) is 11.6 Å². The topological polar surface area (TPSA) is 20.5 Å². The molecule has 0 saturated carbocycles. The number of anilines is 1. The number of halogens is 1. The van der Waals surface area contributed by atoms with Crippen LogP contribution in [0.1, 0.15) is 5.69 Å². The summed E-state index contributed by atoms with van der Waals surface area (Å²) in [7, 11) is 2.11. The van der Waals surface area contributed by atoms with E-state index in [0.29, 0.717) is 0 Å². The second kappa shape index (κ2) is 5.42. The standard InChI is InChI=1S/C10H14BrN3S2/c1-13(3-5-15-2)9-8(7-11)14-4-6-16-10(14)12-9/h4,6H,3,5,7H2,1-2H3. The summed E-state index contributed by atoms with van der Waals surface area (Å²) in [5.74, 6) is 2.22. The molecule has 16 heavy (non-hydrogen) atoms. The van der Waals surface area contributed by atoms with Gasteiger partial charge in [-0.05, 0) is 6.26 Å². The number of rotatable bonds is 5. The number of imidazole rings is 1. The molecule has 3 nitrogen and oxygen atoms in total. The Kier molecular flexibility index (Phi) is 4.16. The van der Waals surface area contributed by atoms with E-state index in [1.807, 2.05) is 11.8 Å². The summed E-state index contributed by atoms with van der Waals surface area (Å²) in [6, 6.07) is 0. The Labute approximate surface area is 112 Å². The van der Waals surface area contributed by atoms with Gasteiger partial charge in [0.25, 0.3) is 0 Å². The molecule has 0 bridgehead atoms. The van der Waals surface area contributed by atoms with Gasteiger partial charge in [0.1, 0.15) is 0 Å². The van der Waals surface area contributed by atoms with E-state index >= 15 is 0 Å². The van der Waals surface area contributed by atoms with Crippen LogP contribution in [0.25, 0.3) is 4.96 Å². The maximum atomic E-state index is 4.66. The molecule has 0 N–H and O–H groups in total. The van der Waals surface area contributed by atoms with Crippen LogP contribution in [0.4, 0.5) is 5.82 Å². The van der Waals surface area contributed by atoms with Gasteiger partial charge in [0.2, 0.25) is 0 Å². The molecule has 0 aliphatic heterocycles. The number of thioether (sulfide) groups is 1. The maximum absolute atomic E-state index is 4.66. The van der Waals surface area contributed by atoms with Crippen molar-refractivity contribution in [2.75, 3.05) is 30.5 Å². The highest BCUT2D eigenvalue weighted by atomic mass is 79.9. The fourth-order valence-corrected chi connectivity index (χ4v) is 3.29. The van der Waals surface area contributed by atoms with Gasteiger partial charge in [-0.3, -0.25) is 4.40 Å². The van der Waals surface area contributed by atoms with Crippen LogP contribution in [0.2, 0.25) is 0 Å². The highest BCUT2D eigenvalue weighted by molar-refractivity contribution is 9.08. The number of hydrogen-bond acceptors (Lipinski definition) is 4. The SMILES string of the molecule is CSCCN(C)c1nc2sccn2c1CBr. The van der Waals surface area contributed by atoms with Crippen molar-refractivity contribution < 1.29 is 0 Å². The number of fused-ring (bicyclic) bond motifs is 1. The average molecular weight is 320 g/mol. The van der Waals surface area contributed by atoms with Crippen LogP contribution in [0.3, 0.4) is 0 Å². The monoisotopic (exact) mass is 319 g/mol. The van der Waals surface area contributed by atoms with Crippen molar-refractivity contribution in [3.63, 3.8) is 0 Å². The Balaban J connectivity index is 2.31. The van der Waals surface area contributed by atoms with Crippen molar-refractivity contribution in [1.82, 2.24) is 9.38 Å². The van der Waals surface area contributed by atoms with E-state index in [-0.39, 0.29) is 0 Å². The van der Waals surface area contributed by atoms with Crippen molar-refractivity contribution in [2.24, 2.45) is 0 Å². The lowest BCUT2D eigenvalue weighted by atomic mass is 10.4. The molecular formula is C10H14BrN3S2. The summed E-state index contributed by atoms with van der Waals surface area (Å²) < 4.78 is 2.16. The Bertz CT molecular complexity index is 466. The Morgan fingerprint density at radius 3 is 3.12 bits per heavy atom. The van der Waals surface area contributed by atoms with E-state index in [1.165, 1.54) is 5.69 Å². The van der Waals surface area contributed by atoms with E-state index in [2.05, 4.69) is 55.1 Å². The molecule has 0 unspecified atom stereocenters. The van der Waals surface area contributed by atoms with Crippen LogP contribution < -0.4 is 4.90 Å². The van der Waals surface area contributed by atoms with Crippen molar-refractivity contribution in [3.05, 3.63) is 17.3 Å². The van der Waals surface area contributed by atoms with Crippen LogP contribution in [-0.4, -0.2) is 35.0 Å². The Morgan fingerprint density at radius 1 is 1.62 bits per heavy atom. The minimum Gasteiger partial charge on any atom is -0.357 e. The fraction of sp³-hybridized carbons (Fsp3) is 0.500. The minimum absolute atomic E-state index is 0.837. The first-order valence-electron chi connectivity index (χ1n) is 4.98. The molecule has 0 fully saturated rings. The molecule has 0 atom stereocenters. The summed E-state index contributed by atoms with van der Waals surface area (Å²) in [5.41, 5.74) is 1.24. The third kappa shape index (κ3) is 2.24.